The molecule has 18 heavy (non-hydrogen) atoms. The lowest BCUT2D eigenvalue weighted by Gasteiger charge is -2.06. The van der Waals surface area contributed by atoms with Gasteiger partial charge in [0.2, 0.25) is 0 Å². The molecule has 1 amide bonds. The van der Waals surface area contributed by atoms with Crippen molar-refractivity contribution in [1.82, 2.24) is 4.98 Å². The fraction of sp³-hybridized carbons (Fsp3) is 0.0769. The first-order valence-electron chi connectivity index (χ1n) is 5.29. The van der Waals surface area contributed by atoms with Crippen LogP contribution >= 0.6 is 0 Å². The Morgan fingerprint density at radius 3 is 2.72 bits per heavy atom. The number of phenolic OH excluding ortho intramolecular Hbond substituents is 1. The number of hydrogen-bond acceptors (Lipinski definition) is 3. The van der Waals surface area contributed by atoms with E-state index in [0.717, 1.165) is 17.7 Å². The van der Waals surface area contributed by atoms with Gasteiger partial charge in [0.25, 0.3) is 5.91 Å². The lowest BCUT2D eigenvalue weighted by Crippen LogP contribution is -2.13. The number of phenols is 1. The molecule has 0 aliphatic heterocycles. The summed E-state index contributed by atoms with van der Waals surface area (Å²) in [5, 5.41) is 12.0. The van der Waals surface area contributed by atoms with Crippen LogP contribution in [-0.2, 0) is 0 Å². The fourth-order valence-corrected chi connectivity index (χ4v) is 1.42. The molecule has 5 heteroatoms. The third kappa shape index (κ3) is 2.63. The summed E-state index contributed by atoms with van der Waals surface area (Å²) in [5.41, 5.74) is 0.969. The molecule has 0 saturated heterocycles. The van der Waals surface area contributed by atoms with Crippen LogP contribution in [0.1, 0.15) is 15.9 Å². The topological polar surface area (TPSA) is 62.2 Å². The zero-order valence-electron chi connectivity index (χ0n) is 9.64. The van der Waals surface area contributed by atoms with Gasteiger partial charge >= 0.3 is 0 Å². The van der Waals surface area contributed by atoms with E-state index in [-0.39, 0.29) is 5.56 Å². The average Bonchev–Trinajstić information content (AvgIpc) is 2.32. The number of pyridine rings is 1. The molecule has 1 heterocycles. The average molecular weight is 246 g/mol. The fourth-order valence-electron chi connectivity index (χ4n) is 1.42. The van der Waals surface area contributed by atoms with Gasteiger partial charge in [0.05, 0.1) is 5.56 Å². The molecule has 0 bridgehead atoms. The standard InChI is InChI=1S/C13H11FN2O2/c1-8-2-5-12(15-7-8)16-13(18)10-4-3-9(14)6-11(10)17/h2-7,17H,1H3,(H,15,16,18). The molecule has 2 rings (SSSR count). The van der Waals surface area contributed by atoms with Crippen LogP contribution in [0.4, 0.5) is 10.2 Å². The van der Waals surface area contributed by atoms with E-state index in [1.165, 1.54) is 6.07 Å². The minimum Gasteiger partial charge on any atom is -0.507 e. The van der Waals surface area contributed by atoms with E-state index < -0.39 is 17.5 Å². The van der Waals surface area contributed by atoms with Crippen LogP contribution in [-0.4, -0.2) is 16.0 Å². The first-order chi connectivity index (χ1) is 8.56. The number of rotatable bonds is 2. The number of benzene rings is 1. The number of anilines is 1. The number of hydrogen-bond donors (Lipinski definition) is 2. The molecule has 4 nitrogen and oxygen atoms in total. The number of nitrogens with zero attached hydrogens (tertiary/aromatic N) is 1. The van der Waals surface area contributed by atoms with E-state index in [1.807, 2.05) is 6.92 Å². The Bertz CT molecular complexity index is 582. The third-order valence-electron chi connectivity index (χ3n) is 2.36. The van der Waals surface area contributed by atoms with Crippen LogP contribution in [0.25, 0.3) is 0 Å². The molecular formula is C13H11FN2O2. The first kappa shape index (κ1) is 12.0. The molecule has 0 aliphatic carbocycles. The lowest BCUT2D eigenvalue weighted by atomic mass is 10.2. The second-order valence-electron chi connectivity index (χ2n) is 3.84. The molecule has 0 saturated carbocycles. The van der Waals surface area contributed by atoms with Crippen LogP contribution < -0.4 is 5.32 Å². The van der Waals surface area contributed by atoms with Crippen molar-refractivity contribution < 1.29 is 14.3 Å². The number of aromatic nitrogens is 1. The Morgan fingerprint density at radius 1 is 1.33 bits per heavy atom. The van der Waals surface area contributed by atoms with Gasteiger partial charge in [-0.25, -0.2) is 9.37 Å². The largest absolute Gasteiger partial charge is 0.507 e. The highest BCUT2D eigenvalue weighted by molar-refractivity contribution is 6.05. The van der Waals surface area contributed by atoms with Gasteiger partial charge in [-0.15, -0.1) is 0 Å². The predicted molar refractivity (Wildman–Crippen MR) is 65.0 cm³/mol. The maximum Gasteiger partial charge on any atom is 0.260 e. The summed E-state index contributed by atoms with van der Waals surface area (Å²) < 4.78 is 12.8. The van der Waals surface area contributed by atoms with E-state index >= 15 is 0 Å². The zero-order chi connectivity index (χ0) is 13.1. The van der Waals surface area contributed by atoms with Crippen LogP contribution in [0.5, 0.6) is 5.75 Å². The molecule has 1 aromatic heterocycles. The predicted octanol–water partition coefficient (Wildman–Crippen LogP) is 2.49. The summed E-state index contributed by atoms with van der Waals surface area (Å²) in [4.78, 5) is 15.8. The number of halogens is 1. The van der Waals surface area contributed by atoms with Crippen LogP contribution in [0, 0.1) is 12.7 Å². The van der Waals surface area contributed by atoms with Gasteiger partial charge in [0.15, 0.2) is 0 Å². The Labute approximate surface area is 103 Å². The van der Waals surface area contributed by atoms with Crippen molar-refractivity contribution in [2.24, 2.45) is 0 Å². The van der Waals surface area contributed by atoms with Crippen LogP contribution in [0.15, 0.2) is 36.5 Å². The van der Waals surface area contributed by atoms with Gasteiger partial charge in [0.1, 0.15) is 17.4 Å². The minimum absolute atomic E-state index is 0.00113. The normalized spacial score (nSPS) is 10.1. The Balaban J connectivity index is 2.19. The number of aryl methyl sites for hydroxylation is 1. The number of carbonyl (C=O) groups is 1. The monoisotopic (exact) mass is 246 g/mol. The van der Waals surface area contributed by atoms with Gasteiger partial charge in [-0.05, 0) is 30.7 Å². The third-order valence-corrected chi connectivity index (χ3v) is 2.36. The highest BCUT2D eigenvalue weighted by atomic mass is 19.1. The van der Waals surface area contributed by atoms with E-state index in [1.54, 1.807) is 18.3 Å². The van der Waals surface area contributed by atoms with Gasteiger partial charge < -0.3 is 10.4 Å². The molecule has 0 spiro atoms. The Hall–Kier alpha value is -2.43. The smallest absolute Gasteiger partial charge is 0.260 e. The van der Waals surface area contributed by atoms with Gasteiger partial charge in [-0.3, -0.25) is 4.79 Å². The number of carbonyl (C=O) groups excluding carboxylic acids is 1. The van der Waals surface area contributed by atoms with Crippen LogP contribution in [0.3, 0.4) is 0 Å². The summed E-state index contributed by atoms with van der Waals surface area (Å²) in [6.07, 6.45) is 1.61. The Kier molecular flexibility index (Phi) is 3.23. The maximum absolute atomic E-state index is 12.8. The summed E-state index contributed by atoms with van der Waals surface area (Å²) in [7, 11) is 0. The van der Waals surface area contributed by atoms with Crippen molar-refractivity contribution in [3.05, 3.63) is 53.5 Å². The van der Waals surface area contributed by atoms with Crippen molar-refractivity contribution in [3.63, 3.8) is 0 Å². The highest BCUT2D eigenvalue weighted by Gasteiger charge is 2.12. The summed E-state index contributed by atoms with van der Waals surface area (Å²) in [6.45, 7) is 1.88. The van der Waals surface area contributed by atoms with E-state index in [0.29, 0.717) is 5.82 Å². The zero-order valence-corrected chi connectivity index (χ0v) is 9.64. The summed E-state index contributed by atoms with van der Waals surface area (Å²) in [6, 6.07) is 6.66. The molecule has 0 fully saturated rings. The van der Waals surface area contributed by atoms with Gasteiger partial charge in [-0.1, -0.05) is 6.07 Å². The molecule has 0 radical (unpaired) electrons. The molecule has 2 N–H and O–H groups in total. The van der Waals surface area contributed by atoms with Gasteiger partial charge in [-0.2, -0.15) is 0 Å². The lowest BCUT2D eigenvalue weighted by molar-refractivity contribution is 0.102. The molecule has 92 valence electrons. The van der Waals surface area contributed by atoms with Crippen molar-refractivity contribution in [2.45, 2.75) is 6.92 Å². The second kappa shape index (κ2) is 4.83. The number of amides is 1. The number of aromatic hydroxyl groups is 1. The summed E-state index contributed by atoms with van der Waals surface area (Å²) in [5.74, 6) is -1.17. The molecule has 0 unspecified atom stereocenters. The van der Waals surface area contributed by atoms with Crippen molar-refractivity contribution >= 4 is 11.7 Å². The van der Waals surface area contributed by atoms with E-state index in [9.17, 15) is 14.3 Å². The SMILES string of the molecule is Cc1ccc(NC(=O)c2ccc(F)cc2O)nc1. The van der Waals surface area contributed by atoms with E-state index in [2.05, 4.69) is 10.3 Å². The van der Waals surface area contributed by atoms with Gasteiger partial charge in [0, 0.05) is 12.3 Å². The molecule has 0 atom stereocenters. The highest BCUT2D eigenvalue weighted by Crippen LogP contribution is 2.19. The number of nitrogens with one attached hydrogen (secondary N) is 1. The Morgan fingerprint density at radius 2 is 2.11 bits per heavy atom. The van der Waals surface area contributed by atoms with Crippen molar-refractivity contribution in [1.29, 1.82) is 0 Å². The first-order valence-corrected chi connectivity index (χ1v) is 5.29. The maximum atomic E-state index is 12.8. The minimum atomic E-state index is -0.600. The van der Waals surface area contributed by atoms with Crippen molar-refractivity contribution in [3.8, 4) is 5.75 Å². The second-order valence-corrected chi connectivity index (χ2v) is 3.84. The van der Waals surface area contributed by atoms with Crippen LogP contribution in [0.2, 0.25) is 0 Å². The molecule has 0 aliphatic rings. The molecule has 2 aromatic rings. The molecular weight excluding hydrogens is 235 g/mol. The molecule has 1 aromatic carbocycles. The summed E-state index contributed by atoms with van der Waals surface area (Å²) >= 11 is 0. The van der Waals surface area contributed by atoms with E-state index in [4.69, 9.17) is 0 Å². The quantitative estimate of drug-likeness (QED) is 0.855. The van der Waals surface area contributed by atoms with Crippen molar-refractivity contribution in [2.75, 3.05) is 5.32 Å².